The fourth-order valence-electron chi connectivity index (χ4n) is 9.40. The van der Waals surface area contributed by atoms with Gasteiger partial charge in [0.25, 0.3) is 0 Å². The zero-order chi connectivity index (χ0) is 45.1. The summed E-state index contributed by atoms with van der Waals surface area (Å²) in [6.07, 6.45) is 9.08. The normalized spacial score (nSPS) is 14.6. The number of phenolic OH excluding ortho intramolecular Hbond substituents is 2. The highest BCUT2D eigenvalue weighted by molar-refractivity contribution is 7.99. The monoisotopic (exact) mass is 914 g/mol. The molecule has 1 fully saturated rings. The van der Waals surface area contributed by atoms with Gasteiger partial charge in [-0.1, -0.05) is 66.5 Å². The number of rotatable bonds is 14. The number of hydrogen-bond acceptors (Lipinski definition) is 8. The molecule has 0 saturated heterocycles. The van der Waals surface area contributed by atoms with Crippen molar-refractivity contribution in [3.63, 3.8) is 0 Å². The van der Waals surface area contributed by atoms with Crippen molar-refractivity contribution in [2.24, 2.45) is 0 Å². The molecule has 65 heavy (non-hydrogen) atoms. The Labute approximate surface area is 380 Å². The van der Waals surface area contributed by atoms with Gasteiger partial charge in [0, 0.05) is 62.8 Å². The lowest BCUT2D eigenvalue weighted by molar-refractivity contribution is -0.120. The Morgan fingerprint density at radius 3 is 2.34 bits per heavy atom. The zero-order valence-corrected chi connectivity index (χ0v) is 36.3. The van der Waals surface area contributed by atoms with E-state index in [1.165, 1.54) is 24.3 Å². The molecule has 1 aliphatic heterocycles. The van der Waals surface area contributed by atoms with E-state index >= 15 is 8.78 Å². The number of nitrogens with one attached hydrogen (secondary N) is 1. The van der Waals surface area contributed by atoms with Crippen LogP contribution in [0.5, 0.6) is 11.5 Å². The number of phenols is 2. The van der Waals surface area contributed by atoms with Crippen molar-refractivity contribution >= 4 is 52.1 Å². The molecule has 1 saturated carbocycles. The number of aromatic nitrogens is 3. The van der Waals surface area contributed by atoms with Gasteiger partial charge in [-0.05, 0) is 103 Å². The number of unbranched alkanes of at least 4 members (excludes halogenated alkanes) is 3. The molecule has 10 rings (SSSR count). The maximum atomic E-state index is 16.0. The summed E-state index contributed by atoms with van der Waals surface area (Å²) in [6.45, 7) is 1.09. The predicted octanol–water partition coefficient (Wildman–Crippen LogP) is 10.2. The van der Waals surface area contributed by atoms with Gasteiger partial charge in [0.15, 0.2) is 17.2 Å². The molecule has 1 amide bonds. The van der Waals surface area contributed by atoms with Gasteiger partial charge >= 0.3 is 11.9 Å². The summed E-state index contributed by atoms with van der Waals surface area (Å²) in [5, 5.41) is 38.1. The highest BCUT2D eigenvalue weighted by atomic mass is 35.5. The third kappa shape index (κ3) is 7.57. The minimum absolute atomic E-state index is 0.0502. The number of carbonyl (C=O) groups is 3. The average molecular weight is 915 g/mol. The maximum absolute atomic E-state index is 16.0. The summed E-state index contributed by atoms with van der Waals surface area (Å²) in [4.78, 5) is 39.0. The predicted molar refractivity (Wildman–Crippen MR) is 239 cm³/mol. The van der Waals surface area contributed by atoms with Gasteiger partial charge in [-0.2, -0.15) is 5.10 Å². The van der Waals surface area contributed by atoms with Crippen molar-refractivity contribution in [1.82, 2.24) is 19.7 Å². The molecule has 0 bridgehead atoms. The molecule has 2 aliphatic carbocycles. The first-order valence-electron chi connectivity index (χ1n) is 21.4. The molecule has 330 valence electrons. The Kier molecular flexibility index (Phi) is 10.9. The van der Waals surface area contributed by atoms with E-state index in [0.29, 0.717) is 52.2 Å². The molecule has 2 aromatic heterocycles. The van der Waals surface area contributed by atoms with Gasteiger partial charge in [-0.15, -0.1) is 0 Å². The van der Waals surface area contributed by atoms with Crippen LogP contribution in [0.3, 0.4) is 0 Å². The lowest BCUT2D eigenvalue weighted by Crippen LogP contribution is -2.35. The van der Waals surface area contributed by atoms with Crippen LogP contribution in [0.1, 0.15) is 104 Å². The van der Waals surface area contributed by atoms with E-state index in [9.17, 15) is 29.7 Å². The molecular formula is C50H41ClF2N4O7S. The molecule has 7 aromatic rings. The largest absolute Gasteiger partial charge is 0.508 e. The van der Waals surface area contributed by atoms with E-state index in [4.69, 9.17) is 16.3 Å². The van der Waals surface area contributed by atoms with Crippen molar-refractivity contribution in [2.75, 3.05) is 6.54 Å². The third-order valence-corrected chi connectivity index (χ3v) is 14.0. The summed E-state index contributed by atoms with van der Waals surface area (Å²) in [5.41, 5.74) is 4.73. The summed E-state index contributed by atoms with van der Waals surface area (Å²) in [5.74, 6) is -3.24. The van der Waals surface area contributed by atoms with Crippen molar-refractivity contribution in [1.29, 1.82) is 0 Å². The van der Waals surface area contributed by atoms with Crippen molar-refractivity contribution in [2.45, 2.75) is 79.2 Å². The number of esters is 1. The zero-order valence-electron chi connectivity index (χ0n) is 34.7. The number of aromatic carboxylic acids is 1. The van der Waals surface area contributed by atoms with Crippen LogP contribution in [0.25, 0.3) is 16.6 Å². The molecule has 3 heterocycles. The highest BCUT2D eigenvalue weighted by Gasteiger charge is 2.52. The molecule has 0 radical (unpaired) electrons. The number of ether oxygens (including phenoxy) is 1. The topological polar surface area (TPSA) is 156 Å². The van der Waals surface area contributed by atoms with E-state index in [2.05, 4.69) is 10.4 Å². The van der Waals surface area contributed by atoms with Crippen LogP contribution in [0.2, 0.25) is 5.02 Å². The number of amides is 1. The van der Waals surface area contributed by atoms with Gasteiger partial charge in [-0.25, -0.2) is 18.4 Å². The summed E-state index contributed by atoms with van der Waals surface area (Å²) >= 11 is 7.40. The summed E-state index contributed by atoms with van der Waals surface area (Å²) in [6, 6.07) is 22.8. The van der Waals surface area contributed by atoms with E-state index in [1.54, 1.807) is 59.4 Å². The van der Waals surface area contributed by atoms with Crippen LogP contribution in [0, 0.1) is 11.6 Å². The van der Waals surface area contributed by atoms with Crippen LogP contribution < -0.4 is 5.32 Å². The fraction of sp³-hybridized carbons (Fsp3) is 0.240. The summed E-state index contributed by atoms with van der Waals surface area (Å²) in [7, 11) is 0. The standard InChI is InChI=1S/C50H41ClF2N4O7S/c51-40-17-13-35-46(44(40)53)57(45(28-9-10-28)47(35)65-41-7-5-6-34(43(41)52)48(61)62)31-25-55-56(26-31)19-4-2-1-3-18-54-42(60)21-27-8-14-39-36(20-27)49(63)64-50(39)37-15-11-32(58)23-29(37)22-30-24-33(59)12-16-38(30)50/h5-8,11-17,20,23-26,28,58-59H,1-4,9-10,18-19,21-22H2,(H,54,60)(H,61,62). The van der Waals surface area contributed by atoms with E-state index in [1.807, 2.05) is 22.9 Å². The second kappa shape index (κ2) is 16.7. The van der Waals surface area contributed by atoms with Crippen LogP contribution in [0.4, 0.5) is 8.78 Å². The highest BCUT2D eigenvalue weighted by Crippen LogP contribution is 2.54. The number of aryl methyl sites for hydroxylation is 1. The average Bonchev–Trinajstić information content (AvgIpc) is 3.82. The van der Waals surface area contributed by atoms with Gasteiger partial charge in [0.1, 0.15) is 11.5 Å². The number of nitrogens with zero attached hydrogens (tertiary/aromatic N) is 3. The van der Waals surface area contributed by atoms with Crippen molar-refractivity contribution < 1.29 is 43.2 Å². The lowest BCUT2D eigenvalue weighted by Gasteiger charge is -2.37. The molecule has 0 unspecified atom stereocenters. The SMILES string of the molecule is O=C(Cc1ccc2c(c1)C(=O)OC21c2ccc(O)cc2Cc2cc(O)ccc21)NCCCCCCn1cc(-n2c(C3CC3)c(Sc3cccc(C(=O)O)c3F)c3ccc(Cl)c(F)c32)cn1. The van der Waals surface area contributed by atoms with Crippen LogP contribution in [0.15, 0.2) is 107 Å². The van der Waals surface area contributed by atoms with E-state index in [0.717, 1.165) is 78.2 Å². The molecule has 0 atom stereocenters. The fourth-order valence-corrected chi connectivity index (χ4v) is 10.8. The number of fused-ring (bicyclic) bond motifs is 7. The van der Waals surface area contributed by atoms with E-state index in [-0.39, 0.29) is 45.2 Å². The third-order valence-electron chi connectivity index (χ3n) is 12.5. The smallest absolute Gasteiger partial charge is 0.340 e. The Balaban J connectivity index is 0.762. The Hall–Kier alpha value is -6.64. The lowest BCUT2D eigenvalue weighted by atomic mass is 9.71. The second-order valence-corrected chi connectivity index (χ2v) is 18.3. The van der Waals surface area contributed by atoms with Crippen LogP contribution >= 0.6 is 23.4 Å². The van der Waals surface area contributed by atoms with Gasteiger partial charge < -0.3 is 29.9 Å². The molecule has 4 N–H and O–H groups in total. The first-order chi connectivity index (χ1) is 31.4. The molecule has 5 aromatic carbocycles. The van der Waals surface area contributed by atoms with Gasteiger partial charge in [-0.3, -0.25) is 9.48 Å². The number of carbonyl (C=O) groups excluding carboxylic acids is 2. The Bertz CT molecular complexity index is 3060. The van der Waals surface area contributed by atoms with Crippen molar-refractivity contribution in [3.8, 4) is 17.2 Å². The van der Waals surface area contributed by atoms with Crippen LogP contribution in [-0.2, 0) is 34.5 Å². The maximum Gasteiger partial charge on any atom is 0.340 e. The molecule has 11 nitrogen and oxygen atoms in total. The molecule has 1 spiro atoms. The Morgan fingerprint density at radius 1 is 0.892 bits per heavy atom. The number of aromatic hydroxyl groups is 2. The number of hydrogen-bond donors (Lipinski definition) is 4. The van der Waals surface area contributed by atoms with E-state index < -0.39 is 34.7 Å². The van der Waals surface area contributed by atoms with Gasteiger partial charge in [0.2, 0.25) is 5.91 Å². The molecule has 3 aliphatic rings. The number of carboxylic acids is 1. The quantitative estimate of drug-likeness (QED) is 0.0616. The first kappa shape index (κ1) is 42.3. The second-order valence-electron chi connectivity index (χ2n) is 16.8. The van der Waals surface area contributed by atoms with Gasteiger partial charge in [0.05, 0.1) is 40.0 Å². The first-order valence-corrected chi connectivity index (χ1v) is 22.6. The minimum atomic E-state index is -1.37. The molecular weight excluding hydrogens is 874 g/mol. The van der Waals surface area contributed by atoms with Crippen LogP contribution in [-0.4, -0.2) is 54.1 Å². The van der Waals surface area contributed by atoms with Crippen molar-refractivity contribution in [3.05, 3.63) is 164 Å². The Morgan fingerprint density at radius 2 is 1.62 bits per heavy atom. The number of halogens is 3. The number of benzene rings is 5. The minimum Gasteiger partial charge on any atom is -0.508 e. The number of carboxylic acid groups (broad SMARTS) is 1. The summed E-state index contributed by atoms with van der Waals surface area (Å²) < 4.78 is 41.2. The molecule has 15 heteroatoms.